The molecule has 0 bridgehead atoms. The van der Waals surface area contributed by atoms with Crippen LogP contribution in [0, 0.1) is 11.8 Å². The second kappa shape index (κ2) is 8.79. The summed E-state index contributed by atoms with van der Waals surface area (Å²) in [7, 11) is 0. The van der Waals surface area contributed by atoms with Gasteiger partial charge in [-0.05, 0) is 50.4 Å². The molecule has 0 aromatic rings. The minimum absolute atomic E-state index is 0.482. The number of rotatable bonds is 2. The molecule has 1 nitrogen and oxygen atoms in total. The summed E-state index contributed by atoms with van der Waals surface area (Å²) < 4.78 is 0. The first-order chi connectivity index (χ1) is 9.34. The third-order valence-electron chi connectivity index (χ3n) is 5.10. The van der Waals surface area contributed by atoms with Crippen LogP contribution >= 0.6 is 0 Å². The largest absolute Gasteiger partial charge is 0.328 e. The molecule has 0 aromatic heterocycles. The van der Waals surface area contributed by atoms with Crippen LogP contribution in [0.1, 0.15) is 83.5 Å². The van der Waals surface area contributed by atoms with Gasteiger partial charge in [-0.2, -0.15) is 0 Å². The first-order valence-corrected chi connectivity index (χ1v) is 8.78. The maximum Gasteiger partial charge on any atom is 0.00388 e. The fraction of sp³-hybridized carbons (Fsp3) is 0.889. The summed E-state index contributed by atoms with van der Waals surface area (Å²) in [6.07, 6.45) is 23.2. The van der Waals surface area contributed by atoms with Gasteiger partial charge in [-0.15, -0.1) is 0 Å². The summed E-state index contributed by atoms with van der Waals surface area (Å²) in [5, 5.41) is 0. The highest BCUT2D eigenvalue weighted by atomic mass is 14.6. The highest BCUT2D eigenvalue weighted by Crippen LogP contribution is 2.27. The predicted octanol–water partition coefficient (Wildman–Crippen LogP) is 5.20. The van der Waals surface area contributed by atoms with E-state index in [2.05, 4.69) is 12.2 Å². The Morgan fingerprint density at radius 2 is 0.947 bits per heavy atom. The average Bonchev–Trinajstić information content (AvgIpc) is 2.33. The molecule has 2 aliphatic carbocycles. The van der Waals surface area contributed by atoms with E-state index in [0.29, 0.717) is 6.04 Å². The molecule has 19 heavy (non-hydrogen) atoms. The monoisotopic (exact) mass is 263 g/mol. The first kappa shape index (κ1) is 15.1. The van der Waals surface area contributed by atoms with E-state index in [1.165, 1.54) is 83.5 Å². The van der Waals surface area contributed by atoms with Gasteiger partial charge in [0.05, 0.1) is 0 Å². The molecule has 2 N–H and O–H groups in total. The lowest BCUT2D eigenvalue weighted by atomic mass is 9.86. The molecule has 2 rings (SSSR count). The summed E-state index contributed by atoms with van der Waals surface area (Å²) in [4.78, 5) is 0. The molecule has 0 saturated heterocycles. The fourth-order valence-corrected chi connectivity index (χ4v) is 3.76. The molecule has 0 heterocycles. The molecular formula is C18H33N. The molecule has 2 aliphatic rings. The molecule has 0 amide bonds. The van der Waals surface area contributed by atoms with Crippen LogP contribution in [0.4, 0.5) is 0 Å². The van der Waals surface area contributed by atoms with Crippen LogP contribution in [0.2, 0.25) is 0 Å². The van der Waals surface area contributed by atoms with Crippen LogP contribution in [0.25, 0.3) is 0 Å². The Labute approximate surface area is 120 Å². The first-order valence-electron chi connectivity index (χ1n) is 8.78. The van der Waals surface area contributed by atoms with Gasteiger partial charge >= 0.3 is 0 Å². The van der Waals surface area contributed by atoms with E-state index in [1.54, 1.807) is 0 Å². The van der Waals surface area contributed by atoms with Gasteiger partial charge in [0.25, 0.3) is 0 Å². The number of nitrogens with two attached hydrogens (primary N) is 1. The van der Waals surface area contributed by atoms with Crippen molar-refractivity contribution >= 4 is 0 Å². The Bertz CT molecular complexity index is 240. The quantitative estimate of drug-likeness (QED) is 0.681. The molecule has 0 aromatic carbocycles. The van der Waals surface area contributed by atoms with E-state index < -0.39 is 0 Å². The third kappa shape index (κ3) is 6.12. The van der Waals surface area contributed by atoms with Gasteiger partial charge in [0.1, 0.15) is 0 Å². The molecule has 0 radical (unpaired) electrons. The fourth-order valence-electron chi connectivity index (χ4n) is 3.76. The van der Waals surface area contributed by atoms with Crippen molar-refractivity contribution in [3.05, 3.63) is 12.2 Å². The smallest absolute Gasteiger partial charge is 0.00388 e. The van der Waals surface area contributed by atoms with Crippen molar-refractivity contribution in [1.82, 2.24) is 0 Å². The van der Waals surface area contributed by atoms with Crippen molar-refractivity contribution in [3.8, 4) is 0 Å². The molecule has 0 spiro atoms. The zero-order valence-electron chi connectivity index (χ0n) is 12.7. The molecule has 0 aliphatic heterocycles. The van der Waals surface area contributed by atoms with Gasteiger partial charge in [-0.3, -0.25) is 0 Å². The predicted molar refractivity (Wildman–Crippen MR) is 84.1 cm³/mol. The third-order valence-corrected chi connectivity index (χ3v) is 5.10. The Morgan fingerprint density at radius 1 is 0.526 bits per heavy atom. The second-order valence-corrected chi connectivity index (χ2v) is 6.87. The molecular weight excluding hydrogens is 230 g/mol. The molecule has 110 valence electrons. The molecule has 2 fully saturated rings. The number of hydrogen-bond acceptors (Lipinski definition) is 1. The van der Waals surface area contributed by atoms with Gasteiger partial charge in [-0.1, -0.05) is 57.1 Å². The Hall–Kier alpha value is -0.300. The Kier molecular flexibility index (Phi) is 6.98. The summed E-state index contributed by atoms with van der Waals surface area (Å²) in [6, 6.07) is 0.482. The van der Waals surface area contributed by atoms with E-state index >= 15 is 0 Å². The zero-order chi connectivity index (χ0) is 13.3. The lowest BCUT2D eigenvalue weighted by Gasteiger charge is -2.21. The number of allylic oxidation sites excluding steroid dienone is 2. The normalized spacial score (nSPS) is 32.5. The van der Waals surface area contributed by atoms with Crippen molar-refractivity contribution in [2.45, 2.75) is 89.5 Å². The van der Waals surface area contributed by atoms with Gasteiger partial charge in [0, 0.05) is 6.04 Å². The van der Waals surface area contributed by atoms with Gasteiger partial charge in [0.15, 0.2) is 0 Å². The van der Waals surface area contributed by atoms with Crippen LogP contribution < -0.4 is 5.73 Å². The molecule has 1 heteroatoms. The second-order valence-electron chi connectivity index (χ2n) is 6.87. The van der Waals surface area contributed by atoms with Gasteiger partial charge < -0.3 is 5.73 Å². The lowest BCUT2D eigenvalue weighted by molar-refractivity contribution is 0.397. The van der Waals surface area contributed by atoms with Gasteiger partial charge in [0.2, 0.25) is 0 Å². The summed E-state index contributed by atoms with van der Waals surface area (Å²) in [6.45, 7) is 0. The maximum atomic E-state index is 6.05. The molecule has 0 atom stereocenters. The van der Waals surface area contributed by atoms with Crippen molar-refractivity contribution in [2.75, 3.05) is 0 Å². The minimum Gasteiger partial charge on any atom is -0.328 e. The average molecular weight is 263 g/mol. The van der Waals surface area contributed by atoms with E-state index in [1.807, 2.05) is 0 Å². The van der Waals surface area contributed by atoms with Crippen LogP contribution in [-0.4, -0.2) is 6.04 Å². The highest BCUT2D eigenvalue weighted by Gasteiger charge is 2.13. The summed E-state index contributed by atoms with van der Waals surface area (Å²) in [5.41, 5.74) is 6.05. The van der Waals surface area contributed by atoms with Crippen LogP contribution in [-0.2, 0) is 0 Å². The minimum atomic E-state index is 0.482. The summed E-state index contributed by atoms with van der Waals surface area (Å²) >= 11 is 0. The standard InChI is InChI=1S/C18H33N/c19-18-12-6-10-17(11-7-13-18)15-14-16-8-4-2-1-3-5-9-16/h14-18H,1-13,19H2/b15-14+. The highest BCUT2D eigenvalue weighted by molar-refractivity contribution is 4.94. The van der Waals surface area contributed by atoms with Crippen molar-refractivity contribution in [1.29, 1.82) is 0 Å². The lowest BCUT2D eigenvalue weighted by Crippen LogP contribution is -2.21. The maximum absolute atomic E-state index is 6.05. The van der Waals surface area contributed by atoms with Gasteiger partial charge in [-0.25, -0.2) is 0 Å². The van der Waals surface area contributed by atoms with E-state index in [9.17, 15) is 0 Å². The van der Waals surface area contributed by atoms with E-state index in [0.717, 1.165) is 11.8 Å². The van der Waals surface area contributed by atoms with Crippen LogP contribution in [0.15, 0.2) is 12.2 Å². The van der Waals surface area contributed by atoms with E-state index in [4.69, 9.17) is 5.73 Å². The van der Waals surface area contributed by atoms with Crippen molar-refractivity contribution < 1.29 is 0 Å². The van der Waals surface area contributed by atoms with Crippen LogP contribution in [0.5, 0.6) is 0 Å². The topological polar surface area (TPSA) is 26.0 Å². The van der Waals surface area contributed by atoms with Crippen LogP contribution in [0.3, 0.4) is 0 Å². The summed E-state index contributed by atoms with van der Waals surface area (Å²) in [5.74, 6) is 1.73. The SMILES string of the molecule is NC1CCCC(/C=C/C2CCCCCCC2)CCC1. The van der Waals surface area contributed by atoms with E-state index in [-0.39, 0.29) is 0 Å². The van der Waals surface area contributed by atoms with Crippen molar-refractivity contribution in [3.63, 3.8) is 0 Å². The van der Waals surface area contributed by atoms with Crippen molar-refractivity contribution in [2.24, 2.45) is 17.6 Å². The molecule has 0 unspecified atom stereocenters. The zero-order valence-corrected chi connectivity index (χ0v) is 12.7. The molecule has 2 saturated carbocycles. The Morgan fingerprint density at radius 3 is 1.47 bits per heavy atom. The Balaban J connectivity index is 1.75. The number of hydrogen-bond donors (Lipinski definition) is 1.